The molecule has 0 aromatic carbocycles. The Bertz CT molecular complexity index is 735. The minimum atomic E-state index is -0.352. The lowest BCUT2D eigenvalue weighted by atomic mass is 10.0. The number of piperidine rings is 1. The number of carbonyl (C=O) groups is 1. The van der Waals surface area contributed by atoms with Crippen molar-refractivity contribution in [2.75, 3.05) is 26.2 Å². The first kappa shape index (κ1) is 37.9. The molecule has 39 heavy (non-hydrogen) atoms. The van der Waals surface area contributed by atoms with Crippen LogP contribution in [-0.2, 0) is 14.4 Å². The largest absolute Gasteiger partial charge is 0.457 e. The van der Waals surface area contributed by atoms with E-state index in [2.05, 4.69) is 22.0 Å². The normalized spacial score (nSPS) is 14.7. The van der Waals surface area contributed by atoms with Crippen molar-refractivity contribution in [2.45, 2.75) is 122 Å². The lowest BCUT2D eigenvalue weighted by Crippen LogP contribution is -2.40. The van der Waals surface area contributed by atoms with Crippen LogP contribution in [0.2, 0.25) is 0 Å². The van der Waals surface area contributed by atoms with Gasteiger partial charge in [-0.3, -0.25) is 14.7 Å². The van der Waals surface area contributed by atoms with Crippen LogP contribution in [0.25, 0.3) is 0 Å². The quantitative estimate of drug-likeness (QED) is 0.0604. The van der Waals surface area contributed by atoms with Gasteiger partial charge in [0.1, 0.15) is 0 Å². The fraction of sp³-hybridized carbons (Fsp3) is 0.767. The van der Waals surface area contributed by atoms with Crippen molar-refractivity contribution in [1.82, 2.24) is 9.88 Å². The first-order valence-electron chi connectivity index (χ1n) is 14.9. The molecule has 1 aliphatic rings. The number of aromatic nitrogens is 1. The Labute approximate surface area is 254 Å². The van der Waals surface area contributed by atoms with Crippen molar-refractivity contribution in [3.05, 3.63) is 30.1 Å². The summed E-state index contributed by atoms with van der Waals surface area (Å²) >= 11 is 6.22. The van der Waals surface area contributed by atoms with Crippen LogP contribution >= 0.6 is 36.4 Å². The highest BCUT2D eigenvalue weighted by molar-refractivity contribution is 6.69. The molecule has 2 heterocycles. The predicted octanol–water partition coefficient (Wildman–Crippen LogP) is 8.72. The van der Waals surface area contributed by atoms with E-state index in [-0.39, 0.29) is 48.7 Å². The van der Waals surface area contributed by atoms with Crippen molar-refractivity contribution in [3.8, 4) is 0 Å². The van der Waals surface area contributed by atoms with Gasteiger partial charge in [0.2, 0.25) is 0 Å². The third kappa shape index (κ3) is 19.6. The van der Waals surface area contributed by atoms with Gasteiger partial charge in [-0.1, -0.05) is 107 Å². The Hall–Kier alpha value is -1.08. The Morgan fingerprint density at radius 2 is 1.54 bits per heavy atom. The molecule has 9 heteroatoms. The molecule has 1 atom stereocenters. The van der Waals surface area contributed by atoms with Crippen LogP contribution in [0.3, 0.4) is 0 Å². The fourth-order valence-corrected chi connectivity index (χ4v) is 4.96. The lowest BCUT2D eigenvalue weighted by Gasteiger charge is -2.29. The Kier molecular flexibility index (Phi) is 25.1. The maximum atomic E-state index is 12.5. The summed E-state index contributed by atoms with van der Waals surface area (Å²) in [7, 11) is 0. The smallest absolute Gasteiger partial charge is 0.306 e. The second kappa shape index (κ2) is 25.9. The number of oxime groups is 1. The molecule has 2 rings (SSSR count). The van der Waals surface area contributed by atoms with Crippen LogP contribution in [0.15, 0.2) is 29.7 Å². The molecular weight excluding hydrogens is 557 g/mol. The monoisotopic (exact) mass is 607 g/mol. The molecule has 1 aliphatic heterocycles. The van der Waals surface area contributed by atoms with Crippen molar-refractivity contribution in [2.24, 2.45) is 5.16 Å². The molecule has 0 radical (unpaired) electrons. The van der Waals surface area contributed by atoms with Gasteiger partial charge in [0, 0.05) is 30.9 Å². The van der Waals surface area contributed by atoms with E-state index in [9.17, 15) is 4.79 Å². The lowest BCUT2D eigenvalue weighted by molar-refractivity contribution is -0.153. The summed E-state index contributed by atoms with van der Waals surface area (Å²) in [5.74, 6) is -0.143. The number of carbonyl (C=O) groups excluding carboxylic acids is 1. The van der Waals surface area contributed by atoms with Gasteiger partial charge in [0.15, 0.2) is 17.9 Å². The maximum absolute atomic E-state index is 12.5. The fourth-order valence-electron chi connectivity index (χ4n) is 4.80. The number of pyridine rings is 1. The molecule has 226 valence electrons. The number of halogens is 3. The molecule has 0 bridgehead atoms. The molecule has 1 saturated heterocycles. The average molecular weight is 609 g/mol. The number of hydrogen-bond acceptors (Lipinski definition) is 6. The van der Waals surface area contributed by atoms with Crippen LogP contribution in [-0.4, -0.2) is 53.4 Å². The van der Waals surface area contributed by atoms with E-state index >= 15 is 0 Å². The molecule has 0 spiro atoms. The van der Waals surface area contributed by atoms with Gasteiger partial charge < -0.3 is 9.57 Å². The number of nitrogens with zero attached hydrogens (tertiary/aromatic N) is 3. The third-order valence-electron chi connectivity index (χ3n) is 7.00. The first-order valence-corrected chi connectivity index (χ1v) is 15.2. The summed E-state index contributed by atoms with van der Waals surface area (Å²) < 4.78 is 5.82. The Morgan fingerprint density at radius 3 is 2.10 bits per heavy atom. The highest BCUT2D eigenvalue weighted by Crippen LogP contribution is 2.15. The zero-order valence-electron chi connectivity index (χ0n) is 24.0. The molecule has 1 aromatic rings. The van der Waals surface area contributed by atoms with Gasteiger partial charge >= 0.3 is 5.97 Å². The highest BCUT2D eigenvalue weighted by Gasteiger charge is 2.21. The zero-order chi connectivity index (χ0) is 26.4. The molecular formula is C30H52Cl3N3O3. The second-order valence-corrected chi connectivity index (χ2v) is 10.7. The molecule has 1 fully saturated rings. The molecule has 6 nitrogen and oxygen atoms in total. The van der Waals surface area contributed by atoms with Crippen LogP contribution < -0.4 is 0 Å². The van der Waals surface area contributed by atoms with E-state index in [0.29, 0.717) is 18.5 Å². The summed E-state index contributed by atoms with van der Waals surface area (Å²) in [6, 6.07) is 3.62. The maximum Gasteiger partial charge on any atom is 0.306 e. The van der Waals surface area contributed by atoms with Crippen LogP contribution in [0.1, 0.15) is 122 Å². The van der Waals surface area contributed by atoms with Gasteiger partial charge in [-0.15, -0.1) is 24.8 Å². The second-order valence-electron chi connectivity index (χ2n) is 10.4. The van der Waals surface area contributed by atoms with Gasteiger partial charge in [-0.05, 0) is 44.5 Å². The molecule has 0 saturated carbocycles. The van der Waals surface area contributed by atoms with E-state index < -0.39 is 0 Å². The van der Waals surface area contributed by atoms with Gasteiger partial charge in [-0.2, -0.15) is 0 Å². The minimum absolute atomic E-state index is 0. The Morgan fingerprint density at radius 1 is 0.949 bits per heavy atom. The van der Waals surface area contributed by atoms with E-state index in [1.807, 2.05) is 6.07 Å². The summed E-state index contributed by atoms with van der Waals surface area (Å²) in [5, 5.41) is 4.24. The van der Waals surface area contributed by atoms with Gasteiger partial charge in [0.05, 0.1) is 0 Å². The zero-order valence-corrected chi connectivity index (χ0v) is 26.4. The van der Waals surface area contributed by atoms with Crippen LogP contribution in [0.5, 0.6) is 0 Å². The molecule has 0 aliphatic carbocycles. The molecule has 1 aromatic heterocycles. The van der Waals surface area contributed by atoms with E-state index in [0.717, 1.165) is 25.9 Å². The predicted molar refractivity (Wildman–Crippen MR) is 168 cm³/mol. The summed E-state index contributed by atoms with van der Waals surface area (Å²) in [5.41, 5.74) is 0.691. The summed E-state index contributed by atoms with van der Waals surface area (Å²) in [6.07, 6.45) is 23.8. The average Bonchev–Trinajstić information content (AvgIpc) is 2.92. The SMILES string of the molecule is CCCCCCCCCCCCCCCC(=O)OC(CON=C(Cl)c1cccnc1)CN1CCCCC1.Cl.Cl. The van der Waals surface area contributed by atoms with Crippen molar-refractivity contribution in [3.63, 3.8) is 0 Å². The van der Waals surface area contributed by atoms with E-state index in [4.69, 9.17) is 21.2 Å². The standard InChI is InChI=1S/C30H50ClN3O3.2ClH/c1-2-3-4-5-6-7-8-9-10-11-12-13-15-20-29(35)37-28(25-34-22-16-14-17-23-34)26-36-33-30(31)27-19-18-21-32-24-27;;/h18-19,21,24,28H,2-17,20,22-23,25-26H2,1H3;2*1H. The number of ether oxygens (including phenoxy) is 1. The topological polar surface area (TPSA) is 64.0 Å². The number of unbranched alkanes of at least 4 members (excludes halogenated alkanes) is 12. The Balaban J connectivity index is 0.00000722. The van der Waals surface area contributed by atoms with Crippen LogP contribution in [0, 0.1) is 0 Å². The van der Waals surface area contributed by atoms with E-state index in [1.165, 1.54) is 89.9 Å². The van der Waals surface area contributed by atoms with Crippen LogP contribution in [0.4, 0.5) is 0 Å². The third-order valence-corrected chi connectivity index (χ3v) is 7.29. The first-order chi connectivity index (χ1) is 18.2. The number of hydrogen-bond donors (Lipinski definition) is 0. The van der Waals surface area contributed by atoms with Crippen molar-refractivity contribution >= 4 is 47.6 Å². The van der Waals surface area contributed by atoms with Crippen molar-refractivity contribution in [1.29, 1.82) is 0 Å². The summed E-state index contributed by atoms with van der Waals surface area (Å²) in [6.45, 7) is 5.20. The summed E-state index contributed by atoms with van der Waals surface area (Å²) in [4.78, 5) is 24.4. The number of rotatable bonds is 21. The van der Waals surface area contributed by atoms with E-state index in [1.54, 1.807) is 18.5 Å². The molecule has 1 unspecified atom stereocenters. The van der Waals surface area contributed by atoms with Crippen molar-refractivity contribution < 1.29 is 14.4 Å². The number of esters is 1. The molecule has 0 N–H and O–H groups in total. The van der Waals surface area contributed by atoms with Gasteiger partial charge in [-0.25, -0.2) is 0 Å². The minimum Gasteiger partial charge on any atom is -0.457 e. The molecule has 0 amide bonds. The number of likely N-dealkylation sites (tertiary alicyclic amines) is 1. The van der Waals surface area contributed by atoms with Gasteiger partial charge in [0.25, 0.3) is 0 Å². The highest BCUT2D eigenvalue weighted by atomic mass is 35.5.